The molecule has 0 bridgehead atoms. The Hall–Kier alpha value is -1.75. The van der Waals surface area contributed by atoms with E-state index in [2.05, 4.69) is 46.4 Å². The minimum Gasteiger partial charge on any atom is -0.465 e. The number of amides is 1. The number of nitrogens with one attached hydrogen (secondary N) is 1. The Morgan fingerprint density at radius 1 is 1.21 bits per heavy atom. The van der Waals surface area contributed by atoms with E-state index in [-0.39, 0.29) is 0 Å². The Bertz CT molecular complexity index is 411. The second-order valence-corrected chi connectivity index (χ2v) is 4.94. The zero-order valence-electron chi connectivity index (χ0n) is 11.3. The van der Waals surface area contributed by atoms with Gasteiger partial charge in [0.15, 0.2) is 0 Å². The summed E-state index contributed by atoms with van der Waals surface area (Å²) in [5.74, 6) is 0. The molecule has 1 aliphatic heterocycles. The molecule has 0 saturated carbocycles. The van der Waals surface area contributed by atoms with Crippen LogP contribution in [0.25, 0.3) is 0 Å². The van der Waals surface area contributed by atoms with Gasteiger partial charge in [-0.1, -0.05) is 12.1 Å². The molecule has 104 valence electrons. The van der Waals surface area contributed by atoms with Crippen LogP contribution in [-0.2, 0) is 6.42 Å². The van der Waals surface area contributed by atoms with Crippen molar-refractivity contribution in [3.8, 4) is 0 Å². The summed E-state index contributed by atoms with van der Waals surface area (Å²) in [7, 11) is 2.15. The molecule has 1 aliphatic rings. The van der Waals surface area contributed by atoms with Crippen molar-refractivity contribution in [3.63, 3.8) is 0 Å². The molecule has 5 nitrogen and oxygen atoms in total. The van der Waals surface area contributed by atoms with Crippen LogP contribution >= 0.6 is 0 Å². The van der Waals surface area contributed by atoms with Crippen molar-refractivity contribution < 1.29 is 9.90 Å². The van der Waals surface area contributed by atoms with Crippen molar-refractivity contribution in [3.05, 3.63) is 29.8 Å². The van der Waals surface area contributed by atoms with Gasteiger partial charge in [-0.05, 0) is 31.2 Å². The minimum absolute atomic E-state index is 0.461. The third-order valence-electron chi connectivity index (χ3n) is 3.49. The standard InChI is InChI=1S/C14H21N3O2/c1-16-8-10-17(11-9-16)13-4-2-12(3-5-13)6-7-15-14(18)19/h2-5,15H,6-11H2,1H3,(H,18,19). The summed E-state index contributed by atoms with van der Waals surface area (Å²) < 4.78 is 0. The van der Waals surface area contributed by atoms with Crippen LogP contribution in [0.5, 0.6) is 0 Å². The van der Waals surface area contributed by atoms with Crippen LogP contribution in [-0.4, -0.2) is 55.9 Å². The summed E-state index contributed by atoms with van der Waals surface area (Å²) in [6, 6.07) is 8.41. The van der Waals surface area contributed by atoms with E-state index in [1.54, 1.807) is 0 Å². The van der Waals surface area contributed by atoms with Crippen LogP contribution in [0.3, 0.4) is 0 Å². The number of anilines is 1. The first-order valence-corrected chi connectivity index (χ1v) is 6.64. The lowest BCUT2D eigenvalue weighted by Gasteiger charge is -2.34. The summed E-state index contributed by atoms with van der Waals surface area (Å²) in [5.41, 5.74) is 2.41. The van der Waals surface area contributed by atoms with E-state index >= 15 is 0 Å². The van der Waals surface area contributed by atoms with Gasteiger partial charge in [-0.25, -0.2) is 4.79 Å². The molecule has 0 aromatic heterocycles. The molecule has 1 aromatic carbocycles. The lowest BCUT2D eigenvalue weighted by molar-refractivity contribution is 0.194. The predicted octanol–water partition coefficient (Wildman–Crippen LogP) is 1.25. The summed E-state index contributed by atoms with van der Waals surface area (Å²) in [4.78, 5) is 15.1. The molecule has 0 aliphatic carbocycles. The second-order valence-electron chi connectivity index (χ2n) is 4.94. The number of likely N-dealkylation sites (N-methyl/N-ethyl adjacent to an activating group) is 1. The van der Waals surface area contributed by atoms with E-state index in [1.807, 2.05) is 0 Å². The molecule has 2 N–H and O–H groups in total. The number of rotatable bonds is 4. The summed E-state index contributed by atoms with van der Waals surface area (Å²) in [5, 5.41) is 10.9. The van der Waals surface area contributed by atoms with E-state index < -0.39 is 6.09 Å². The lowest BCUT2D eigenvalue weighted by Crippen LogP contribution is -2.44. The Kier molecular flexibility index (Phi) is 4.63. The van der Waals surface area contributed by atoms with Gasteiger partial charge in [0.2, 0.25) is 0 Å². The van der Waals surface area contributed by atoms with Gasteiger partial charge in [0.05, 0.1) is 0 Å². The fourth-order valence-electron chi connectivity index (χ4n) is 2.25. The van der Waals surface area contributed by atoms with Gasteiger partial charge in [-0.3, -0.25) is 0 Å². The van der Waals surface area contributed by atoms with Gasteiger partial charge in [0.1, 0.15) is 0 Å². The second kappa shape index (κ2) is 6.43. The van der Waals surface area contributed by atoms with Gasteiger partial charge in [-0.15, -0.1) is 0 Å². The largest absolute Gasteiger partial charge is 0.465 e. The topological polar surface area (TPSA) is 55.8 Å². The van der Waals surface area contributed by atoms with E-state index in [4.69, 9.17) is 5.11 Å². The Labute approximate surface area is 113 Å². The molecule has 1 heterocycles. The SMILES string of the molecule is CN1CCN(c2ccc(CCNC(=O)O)cc2)CC1. The third-order valence-corrected chi connectivity index (χ3v) is 3.49. The average molecular weight is 263 g/mol. The Morgan fingerprint density at radius 3 is 2.42 bits per heavy atom. The molecule has 0 atom stereocenters. The van der Waals surface area contributed by atoms with Crippen molar-refractivity contribution >= 4 is 11.8 Å². The number of hydrogen-bond acceptors (Lipinski definition) is 3. The highest BCUT2D eigenvalue weighted by molar-refractivity contribution is 5.64. The van der Waals surface area contributed by atoms with E-state index in [9.17, 15) is 4.79 Å². The van der Waals surface area contributed by atoms with Gasteiger partial charge < -0.3 is 20.2 Å². The van der Waals surface area contributed by atoms with Gasteiger partial charge in [0, 0.05) is 38.4 Å². The van der Waals surface area contributed by atoms with Crippen LogP contribution in [0.1, 0.15) is 5.56 Å². The summed E-state index contributed by atoms with van der Waals surface area (Å²) in [6.45, 7) is 4.80. The smallest absolute Gasteiger partial charge is 0.404 e. The van der Waals surface area contributed by atoms with Crippen molar-refractivity contribution in [1.29, 1.82) is 0 Å². The maximum atomic E-state index is 10.4. The molecular formula is C14H21N3O2. The van der Waals surface area contributed by atoms with Gasteiger partial charge in [0.25, 0.3) is 0 Å². The van der Waals surface area contributed by atoms with Crippen molar-refractivity contribution in [2.75, 3.05) is 44.7 Å². The molecular weight excluding hydrogens is 242 g/mol. The van der Waals surface area contributed by atoms with Crippen molar-refractivity contribution in [2.45, 2.75) is 6.42 Å². The van der Waals surface area contributed by atoms with Crippen LogP contribution in [0.2, 0.25) is 0 Å². The molecule has 1 fully saturated rings. The maximum absolute atomic E-state index is 10.4. The molecule has 0 radical (unpaired) electrons. The normalized spacial score (nSPS) is 16.4. The zero-order valence-corrected chi connectivity index (χ0v) is 11.3. The third kappa shape index (κ3) is 4.13. The van der Waals surface area contributed by atoms with E-state index in [0.29, 0.717) is 6.54 Å². The van der Waals surface area contributed by atoms with Crippen LogP contribution in [0.4, 0.5) is 10.5 Å². The van der Waals surface area contributed by atoms with E-state index in [1.165, 1.54) is 5.69 Å². The molecule has 1 amide bonds. The average Bonchev–Trinajstić information content (AvgIpc) is 2.40. The minimum atomic E-state index is -0.964. The molecule has 0 unspecified atom stereocenters. The summed E-state index contributed by atoms with van der Waals surface area (Å²) in [6.07, 6.45) is -0.232. The zero-order chi connectivity index (χ0) is 13.7. The summed E-state index contributed by atoms with van der Waals surface area (Å²) >= 11 is 0. The molecule has 2 rings (SSSR count). The van der Waals surface area contributed by atoms with Crippen molar-refractivity contribution in [1.82, 2.24) is 10.2 Å². The first-order valence-electron chi connectivity index (χ1n) is 6.64. The number of hydrogen-bond donors (Lipinski definition) is 2. The van der Waals surface area contributed by atoms with Gasteiger partial charge in [-0.2, -0.15) is 0 Å². The lowest BCUT2D eigenvalue weighted by atomic mass is 10.1. The number of carboxylic acid groups (broad SMARTS) is 1. The Morgan fingerprint density at radius 2 is 1.84 bits per heavy atom. The first-order chi connectivity index (χ1) is 9.15. The maximum Gasteiger partial charge on any atom is 0.404 e. The van der Waals surface area contributed by atoms with E-state index in [0.717, 1.165) is 38.2 Å². The van der Waals surface area contributed by atoms with Crippen LogP contribution < -0.4 is 10.2 Å². The highest BCUT2D eigenvalue weighted by Crippen LogP contribution is 2.17. The monoisotopic (exact) mass is 263 g/mol. The Balaban J connectivity index is 1.85. The number of carbonyl (C=O) groups is 1. The molecule has 0 spiro atoms. The number of nitrogens with zero attached hydrogens (tertiary/aromatic N) is 2. The quantitative estimate of drug-likeness (QED) is 0.858. The molecule has 1 aromatic rings. The highest BCUT2D eigenvalue weighted by atomic mass is 16.4. The number of benzene rings is 1. The molecule has 5 heteroatoms. The van der Waals surface area contributed by atoms with Gasteiger partial charge >= 0.3 is 6.09 Å². The van der Waals surface area contributed by atoms with Crippen LogP contribution in [0.15, 0.2) is 24.3 Å². The fraction of sp³-hybridized carbons (Fsp3) is 0.500. The van der Waals surface area contributed by atoms with Crippen LogP contribution in [0, 0.1) is 0 Å². The number of piperazine rings is 1. The molecule has 1 saturated heterocycles. The predicted molar refractivity (Wildman–Crippen MR) is 75.9 cm³/mol. The first kappa shape index (κ1) is 13.7. The molecule has 19 heavy (non-hydrogen) atoms. The fourth-order valence-corrected chi connectivity index (χ4v) is 2.25. The van der Waals surface area contributed by atoms with Crippen molar-refractivity contribution in [2.24, 2.45) is 0 Å². The highest BCUT2D eigenvalue weighted by Gasteiger charge is 2.13.